The molecule has 0 aromatic heterocycles. The zero-order valence-corrected chi connectivity index (χ0v) is 13.7. The van der Waals surface area contributed by atoms with Gasteiger partial charge in [0.15, 0.2) is 0 Å². The number of aliphatic carboxylic acids is 1. The molecule has 0 saturated carbocycles. The van der Waals surface area contributed by atoms with Crippen molar-refractivity contribution >= 4 is 21.9 Å². The molecule has 0 spiro atoms. The lowest BCUT2D eigenvalue weighted by molar-refractivity contribution is -0.139. The van der Waals surface area contributed by atoms with Crippen molar-refractivity contribution in [1.29, 1.82) is 0 Å². The largest absolute Gasteiger partial charge is 0.481 e. The lowest BCUT2D eigenvalue weighted by atomic mass is 9.96. The average molecular weight is 361 g/mol. The standard InChI is InChI=1S/C15H21BrO5/c1-19-8-9-21-11-10-20-7-6-13(15(17)18)12-4-2-3-5-14(12)16/h2-5,13H,6-11H2,1H3,(H,17,18). The molecule has 6 heteroatoms. The van der Waals surface area contributed by atoms with Crippen LogP contribution in [0.2, 0.25) is 0 Å². The van der Waals surface area contributed by atoms with Crippen molar-refractivity contribution in [3.05, 3.63) is 34.3 Å². The SMILES string of the molecule is COCCOCCOCCC(C(=O)O)c1ccccc1Br. The normalized spacial score (nSPS) is 12.3. The lowest BCUT2D eigenvalue weighted by Crippen LogP contribution is -2.16. The van der Waals surface area contributed by atoms with Crippen molar-refractivity contribution in [3.8, 4) is 0 Å². The zero-order chi connectivity index (χ0) is 15.5. The van der Waals surface area contributed by atoms with Gasteiger partial charge in [0.1, 0.15) is 0 Å². The highest BCUT2D eigenvalue weighted by Crippen LogP contribution is 2.27. The van der Waals surface area contributed by atoms with Crippen LogP contribution in [-0.2, 0) is 19.0 Å². The second-order valence-electron chi connectivity index (χ2n) is 4.42. The van der Waals surface area contributed by atoms with Crippen LogP contribution in [0.4, 0.5) is 0 Å². The molecule has 1 N–H and O–H groups in total. The van der Waals surface area contributed by atoms with E-state index in [9.17, 15) is 9.90 Å². The van der Waals surface area contributed by atoms with Gasteiger partial charge in [-0.2, -0.15) is 0 Å². The van der Waals surface area contributed by atoms with Crippen LogP contribution in [0.3, 0.4) is 0 Å². The molecule has 1 aromatic carbocycles. The molecule has 0 aliphatic rings. The fraction of sp³-hybridized carbons (Fsp3) is 0.533. The van der Waals surface area contributed by atoms with E-state index in [1.54, 1.807) is 7.11 Å². The van der Waals surface area contributed by atoms with E-state index < -0.39 is 11.9 Å². The van der Waals surface area contributed by atoms with Gasteiger partial charge in [-0.15, -0.1) is 0 Å². The van der Waals surface area contributed by atoms with E-state index in [1.165, 1.54) is 0 Å². The maximum Gasteiger partial charge on any atom is 0.311 e. The molecule has 0 aliphatic heterocycles. The van der Waals surface area contributed by atoms with Crippen LogP contribution in [-0.4, -0.2) is 51.2 Å². The maximum atomic E-state index is 11.4. The summed E-state index contributed by atoms with van der Waals surface area (Å²) in [6, 6.07) is 7.35. The van der Waals surface area contributed by atoms with Gasteiger partial charge in [-0.05, 0) is 18.1 Å². The number of carbonyl (C=O) groups is 1. The summed E-state index contributed by atoms with van der Waals surface area (Å²) in [7, 11) is 1.62. The van der Waals surface area contributed by atoms with Gasteiger partial charge in [0.2, 0.25) is 0 Å². The molecule has 21 heavy (non-hydrogen) atoms. The molecule has 1 aromatic rings. The quantitative estimate of drug-likeness (QED) is 0.614. The van der Waals surface area contributed by atoms with Crippen molar-refractivity contribution < 1.29 is 24.1 Å². The number of hydrogen-bond donors (Lipinski definition) is 1. The number of halogens is 1. The van der Waals surface area contributed by atoms with Gasteiger partial charge in [-0.3, -0.25) is 4.79 Å². The van der Waals surface area contributed by atoms with Crippen LogP contribution in [0.15, 0.2) is 28.7 Å². The number of ether oxygens (including phenoxy) is 3. The topological polar surface area (TPSA) is 65.0 Å². The monoisotopic (exact) mass is 360 g/mol. The molecule has 5 nitrogen and oxygen atoms in total. The third kappa shape index (κ3) is 7.04. The summed E-state index contributed by atoms with van der Waals surface area (Å²) < 4.78 is 16.3. The van der Waals surface area contributed by atoms with Crippen molar-refractivity contribution in [1.82, 2.24) is 0 Å². The van der Waals surface area contributed by atoms with E-state index in [-0.39, 0.29) is 0 Å². The first kappa shape index (κ1) is 18.1. The molecule has 0 saturated heterocycles. The molecule has 0 heterocycles. The van der Waals surface area contributed by atoms with E-state index in [1.807, 2.05) is 24.3 Å². The molecule has 0 bridgehead atoms. The smallest absolute Gasteiger partial charge is 0.311 e. The summed E-state index contributed by atoms with van der Waals surface area (Å²) in [5.74, 6) is -1.42. The van der Waals surface area contributed by atoms with Crippen molar-refractivity contribution in [3.63, 3.8) is 0 Å². The van der Waals surface area contributed by atoms with Crippen LogP contribution in [0, 0.1) is 0 Å². The Morgan fingerprint density at radius 3 is 2.38 bits per heavy atom. The van der Waals surface area contributed by atoms with Crippen molar-refractivity contribution in [2.45, 2.75) is 12.3 Å². The Labute approximate surface area is 133 Å². The molecule has 0 radical (unpaired) electrons. The van der Waals surface area contributed by atoms with Crippen LogP contribution >= 0.6 is 15.9 Å². The van der Waals surface area contributed by atoms with Gasteiger partial charge in [-0.25, -0.2) is 0 Å². The lowest BCUT2D eigenvalue weighted by Gasteiger charge is -2.14. The van der Waals surface area contributed by atoms with E-state index >= 15 is 0 Å². The Bertz CT molecular complexity index is 424. The van der Waals surface area contributed by atoms with Crippen molar-refractivity contribution in [2.75, 3.05) is 40.1 Å². The highest BCUT2D eigenvalue weighted by Gasteiger charge is 2.21. The van der Waals surface area contributed by atoms with Crippen molar-refractivity contribution in [2.24, 2.45) is 0 Å². The first-order chi connectivity index (χ1) is 10.2. The number of hydrogen-bond acceptors (Lipinski definition) is 4. The van der Waals surface area contributed by atoms with E-state index in [4.69, 9.17) is 14.2 Å². The number of benzene rings is 1. The minimum Gasteiger partial charge on any atom is -0.481 e. The highest BCUT2D eigenvalue weighted by atomic mass is 79.9. The predicted octanol–water partition coefficient (Wildman–Crippen LogP) is 2.69. The predicted molar refractivity (Wildman–Crippen MR) is 82.6 cm³/mol. The fourth-order valence-electron chi connectivity index (χ4n) is 1.84. The van der Waals surface area contributed by atoms with Gasteiger partial charge in [0.25, 0.3) is 0 Å². The number of carboxylic acid groups (broad SMARTS) is 1. The second-order valence-corrected chi connectivity index (χ2v) is 5.27. The van der Waals surface area contributed by atoms with Gasteiger partial charge in [-0.1, -0.05) is 34.1 Å². The summed E-state index contributed by atoms with van der Waals surface area (Å²) in [4.78, 5) is 11.4. The maximum absolute atomic E-state index is 11.4. The molecular weight excluding hydrogens is 340 g/mol. The van der Waals surface area contributed by atoms with Gasteiger partial charge in [0, 0.05) is 18.2 Å². The Kier molecular flexibility index (Phi) is 9.25. The Morgan fingerprint density at radius 1 is 1.14 bits per heavy atom. The van der Waals surface area contributed by atoms with E-state index in [2.05, 4.69) is 15.9 Å². The summed E-state index contributed by atoms with van der Waals surface area (Å²) in [6.45, 7) is 2.41. The molecule has 118 valence electrons. The molecule has 0 amide bonds. The van der Waals surface area contributed by atoms with Gasteiger partial charge in [0.05, 0.1) is 32.3 Å². The Balaban J connectivity index is 2.30. The number of carboxylic acids is 1. The van der Waals surface area contributed by atoms with E-state index in [0.717, 1.165) is 10.0 Å². The first-order valence-corrected chi connectivity index (χ1v) is 7.57. The minimum atomic E-state index is -0.846. The number of methoxy groups -OCH3 is 1. The Hall–Kier alpha value is -0.950. The average Bonchev–Trinajstić information content (AvgIpc) is 2.46. The van der Waals surface area contributed by atoms with Crippen LogP contribution in [0.25, 0.3) is 0 Å². The summed E-state index contributed by atoms with van der Waals surface area (Å²) in [5.41, 5.74) is 0.768. The van der Waals surface area contributed by atoms with Crippen LogP contribution in [0.5, 0.6) is 0 Å². The van der Waals surface area contributed by atoms with Crippen LogP contribution < -0.4 is 0 Å². The third-order valence-corrected chi connectivity index (χ3v) is 3.66. The summed E-state index contributed by atoms with van der Waals surface area (Å²) in [5, 5.41) is 9.34. The Morgan fingerprint density at radius 2 is 1.76 bits per heavy atom. The molecule has 0 fully saturated rings. The molecule has 1 atom stereocenters. The molecule has 1 rings (SSSR count). The third-order valence-electron chi connectivity index (χ3n) is 2.93. The van der Waals surface area contributed by atoms with Crippen LogP contribution in [0.1, 0.15) is 17.9 Å². The molecule has 0 aliphatic carbocycles. The highest BCUT2D eigenvalue weighted by molar-refractivity contribution is 9.10. The summed E-state index contributed by atoms with van der Waals surface area (Å²) in [6.07, 6.45) is 0.427. The fourth-order valence-corrected chi connectivity index (χ4v) is 2.40. The van der Waals surface area contributed by atoms with Gasteiger partial charge >= 0.3 is 5.97 Å². The summed E-state index contributed by atoms with van der Waals surface area (Å²) >= 11 is 3.39. The minimum absolute atomic E-state index is 0.381. The molecule has 1 unspecified atom stereocenters. The first-order valence-electron chi connectivity index (χ1n) is 6.78. The zero-order valence-electron chi connectivity index (χ0n) is 12.1. The number of rotatable bonds is 11. The molecular formula is C15H21BrO5. The second kappa shape index (κ2) is 10.7. The van der Waals surface area contributed by atoms with Gasteiger partial charge < -0.3 is 19.3 Å². The van der Waals surface area contributed by atoms with E-state index in [0.29, 0.717) is 39.5 Å².